The van der Waals surface area contributed by atoms with E-state index in [1.165, 1.54) is 19.3 Å². The zero-order chi connectivity index (χ0) is 16.3. The van der Waals surface area contributed by atoms with E-state index in [1.807, 2.05) is 30.3 Å². The van der Waals surface area contributed by atoms with Crippen LogP contribution in [0.5, 0.6) is 0 Å². The lowest BCUT2D eigenvalue weighted by atomic mass is 9.90. The fourth-order valence-corrected chi connectivity index (χ4v) is 2.70. The quantitative estimate of drug-likeness (QED) is 0.571. The molecule has 4 nitrogen and oxygen atoms in total. The van der Waals surface area contributed by atoms with Crippen LogP contribution < -0.4 is 0 Å². The van der Waals surface area contributed by atoms with Gasteiger partial charge in [-0.3, -0.25) is 0 Å². The molecule has 0 unspecified atom stereocenters. The number of hydrogen-bond acceptors (Lipinski definition) is 4. The number of carbonyl (C=O) groups excluding carboxylic acids is 2. The second-order valence-electron chi connectivity index (χ2n) is 5.87. The maximum Gasteiger partial charge on any atom is 0.331 e. The van der Waals surface area contributed by atoms with E-state index < -0.39 is 11.9 Å². The molecule has 4 heteroatoms. The average Bonchev–Trinajstić information content (AvgIpc) is 2.60. The summed E-state index contributed by atoms with van der Waals surface area (Å²) in [5.41, 5.74) is 1.11. The Kier molecular flexibility index (Phi) is 7.37. The van der Waals surface area contributed by atoms with Gasteiger partial charge in [-0.05, 0) is 24.3 Å². The SMILES string of the molecule is O=C(/C=C/C(=O)OCC1CCCCC1)OCCc1ccccc1. The first-order valence-electron chi connectivity index (χ1n) is 8.29. The van der Waals surface area contributed by atoms with E-state index in [-0.39, 0.29) is 0 Å². The van der Waals surface area contributed by atoms with Crippen LogP contribution in [0, 0.1) is 5.92 Å². The molecular formula is C19H24O4. The van der Waals surface area contributed by atoms with Crippen LogP contribution in [0.15, 0.2) is 42.5 Å². The highest BCUT2D eigenvalue weighted by atomic mass is 16.5. The molecule has 0 heterocycles. The van der Waals surface area contributed by atoms with Gasteiger partial charge in [0, 0.05) is 18.6 Å². The fraction of sp³-hybridized carbons (Fsp3) is 0.474. The van der Waals surface area contributed by atoms with Gasteiger partial charge in [0.15, 0.2) is 0 Å². The Morgan fingerprint density at radius 2 is 1.61 bits per heavy atom. The first-order chi connectivity index (χ1) is 11.2. The molecule has 1 aliphatic carbocycles. The van der Waals surface area contributed by atoms with E-state index in [9.17, 15) is 9.59 Å². The van der Waals surface area contributed by atoms with E-state index in [2.05, 4.69) is 0 Å². The molecule has 1 aromatic carbocycles. The zero-order valence-corrected chi connectivity index (χ0v) is 13.4. The Hall–Kier alpha value is -2.10. The molecular weight excluding hydrogens is 292 g/mol. The molecule has 1 saturated carbocycles. The minimum Gasteiger partial charge on any atom is -0.462 e. The lowest BCUT2D eigenvalue weighted by molar-refractivity contribution is -0.141. The van der Waals surface area contributed by atoms with Crippen molar-refractivity contribution in [1.82, 2.24) is 0 Å². The first kappa shape index (κ1) is 17.3. The summed E-state index contributed by atoms with van der Waals surface area (Å²) in [5, 5.41) is 0. The van der Waals surface area contributed by atoms with Gasteiger partial charge in [-0.2, -0.15) is 0 Å². The predicted octanol–water partition coefficient (Wildman–Crippen LogP) is 3.45. The molecule has 0 bridgehead atoms. The zero-order valence-electron chi connectivity index (χ0n) is 13.4. The van der Waals surface area contributed by atoms with Gasteiger partial charge in [0.25, 0.3) is 0 Å². The molecule has 0 aliphatic heterocycles. The smallest absolute Gasteiger partial charge is 0.331 e. The summed E-state index contributed by atoms with van der Waals surface area (Å²) in [6.07, 6.45) is 8.89. The highest BCUT2D eigenvalue weighted by molar-refractivity contribution is 5.91. The minimum atomic E-state index is -0.518. The molecule has 1 aliphatic rings. The van der Waals surface area contributed by atoms with Crippen molar-refractivity contribution in [3.63, 3.8) is 0 Å². The summed E-state index contributed by atoms with van der Waals surface area (Å²) in [4.78, 5) is 23.1. The van der Waals surface area contributed by atoms with E-state index >= 15 is 0 Å². The highest BCUT2D eigenvalue weighted by Crippen LogP contribution is 2.23. The van der Waals surface area contributed by atoms with Gasteiger partial charge in [-0.1, -0.05) is 49.6 Å². The summed E-state index contributed by atoms with van der Waals surface area (Å²) in [7, 11) is 0. The minimum absolute atomic E-state index is 0.296. The van der Waals surface area contributed by atoms with Crippen molar-refractivity contribution in [2.75, 3.05) is 13.2 Å². The summed E-state index contributed by atoms with van der Waals surface area (Å²) in [5.74, 6) is -0.523. The van der Waals surface area contributed by atoms with E-state index in [0.717, 1.165) is 30.6 Å². The van der Waals surface area contributed by atoms with Crippen molar-refractivity contribution < 1.29 is 19.1 Å². The van der Waals surface area contributed by atoms with Crippen molar-refractivity contribution in [2.45, 2.75) is 38.5 Å². The highest BCUT2D eigenvalue weighted by Gasteiger charge is 2.14. The standard InChI is InChI=1S/C19H24O4/c20-18(22-14-13-16-7-3-1-4-8-16)11-12-19(21)23-15-17-9-5-2-6-10-17/h1,3-4,7-8,11-12,17H,2,5-6,9-10,13-15H2/b12-11+. The monoisotopic (exact) mass is 316 g/mol. The number of carbonyl (C=O) groups is 2. The second kappa shape index (κ2) is 9.82. The van der Waals surface area contributed by atoms with Gasteiger partial charge in [0.05, 0.1) is 13.2 Å². The Bertz CT molecular complexity index is 515. The van der Waals surface area contributed by atoms with E-state index in [0.29, 0.717) is 25.6 Å². The molecule has 23 heavy (non-hydrogen) atoms. The third-order valence-electron chi connectivity index (χ3n) is 4.02. The molecule has 0 spiro atoms. The maximum absolute atomic E-state index is 11.6. The molecule has 0 amide bonds. The van der Waals surface area contributed by atoms with Gasteiger partial charge in [-0.15, -0.1) is 0 Å². The number of rotatable bonds is 7. The Morgan fingerprint density at radius 1 is 0.957 bits per heavy atom. The Labute approximate surface area is 137 Å². The molecule has 0 saturated heterocycles. The Morgan fingerprint density at radius 3 is 2.30 bits per heavy atom. The van der Waals surface area contributed by atoms with Crippen molar-refractivity contribution in [1.29, 1.82) is 0 Å². The van der Waals surface area contributed by atoms with Crippen LogP contribution in [0.3, 0.4) is 0 Å². The molecule has 124 valence electrons. The van der Waals surface area contributed by atoms with Crippen LogP contribution in [-0.4, -0.2) is 25.2 Å². The summed E-state index contributed by atoms with van der Waals surface area (Å²) < 4.78 is 10.2. The number of benzene rings is 1. The van der Waals surface area contributed by atoms with Gasteiger partial charge in [0.2, 0.25) is 0 Å². The van der Waals surface area contributed by atoms with Crippen LogP contribution in [0.25, 0.3) is 0 Å². The predicted molar refractivity (Wildman–Crippen MR) is 87.8 cm³/mol. The molecule has 2 rings (SSSR count). The third-order valence-corrected chi connectivity index (χ3v) is 4.02. The molecule has 0 aromatic heterocycles. The van der Waals surface area contributed by atoms with Crippen LogP contribution in [-0.2, 0) is 25.5 Å². The first-order valence-corrected chi connectivity index (χ1v) is 8.29. The van der Waals surface area contributed by atoms with Gasteiger partial charge in [-0.25, -0.2) is 9.59 Å². The summed E-state index contributed by atoms with van der Waals surface area (Å²) >= 11 is 0. The molecule has 0 N–H and O–H groups in total. The van der Waals surface area contributed by atoms with Crippen molar-refractivity contribution in [2.24, 2.45) is 5.92 Å². The third kappa shape index (κ3) is 7.13. The van der Waals surface area contributed by atoms with Crippen LogP contribution in [0.1, 0.15) is 37.7 Å². The lowest BCUT2D eigenvalue weighted by Gasteiger charge is -2.20. The van der Waals surface area contributed by atoms with E-state index in [1.54, 1.807) is 0 Å². The van der Waals surface area contributed by atoms with Gasteiger partial charge in [0.1, 0.15) is 0 Å². The fourth-order valence-electron chi connectivity index (χ4n) is 2.70. The molecule has 1 fully saturated rings. The maximum atomic E-state index is 11.6. The summed E-state index contributed by atoms with van der Waals surface area (Å²) in [6, 6.07) is 9.79. The lowest BCUT2D eigenvalue weighted by Crippen LogP contribution is -2.16. The number of esters is 2. The normalized spacial score (nSPS) is 15.5. The largest absolute Gasteiger partial charge is 0.462 e. The number of hydrogen-bond donors (Lipinski definition) is 0. The van der Waals surface area contributed by atoms with Gasteiger partial charge < -0.3 is 9.47 Å². The van der Waals surface area contributed by atoms with Gasteiger partial charge >= 0.3 is 11.9 Å². The van der Waals surface area contributed by atoms with E-state index in [4.69, 9.17) is 9.47 Å². The Balaban J connectivity index is 1.59. The van der Waals surface area contributed by atoms with Crippen LogP contribution in [0.4, 0.5) is 0 Å². The topological polar surface area (TPSA) is 52.6 Å². The second-order valence-corrected chi connectivity index (χ2v) is 5.87. The number of ether oxygens (including phenoxy) is 2. The van der Waals surface area contributed by atoms with Crippen molar-refractivity contribution in [3.05, 3.63) is 48.0 Å². The average molecular weight is 316 g/mol. The summed E-state index contributed by atoms with van der Waals surface area (Å²) in [6.45, 7) is 0.747. The van der Waals surface area contributed by atoms with Crippen LogP contribution >= 0.6 is 0 Å². The van der Waals surface area contributed by atoms with Crippen LogP contribution in [0.2, 0.25) is 0 Å². The molecule has 1 aromatic rings. The molecule has 0 atom stereocenters. The van der Waals surface area contributed by atoms with Crippen molar-refractivity contribution >= 4 is 11.9 Å². The van der Waals surface area contributed by atoms with Crippen molar-refractivity contribution in [3.8, 4) is 0 Å². The molecule has 0 radical (unpaired) electrons.